The van der Waals surface area contributed by atoms with Crippen molar-refractivity contribution in [3.63, 3.8) is 0 Å². The molecule has 1 aliphatic carbocycles. The Morgan fingerprint density at radius 2 is 2.08 bits per heavy atom. The van der Waals surface area contributed by atoms with Gasteiger partial charge < -0.3 is 9.84 Å². The summed E-state index contributed by atoms with van der Waals surface area (Å²) in [5, 5.41) is 15.2. The lowest BCUT2D eigenvalue weighted by atomic mass is 9.82. The number of ether oxygens (including phenoxy) is 1. The number of hydrogen-bond donors (Lipinski definition) is 1. The van der Waals surface area contributed by atoms with E-state index in [0.29, 0.717) is 5.92 Å². The molecule has 2 heterocycles. The minimum absolute atomic E-state index is 0.334. The molecule has 0 amide bonds. The van der Waals surface area contributed by atoms with E-state index >= 15 is 0 Å². The van der Waals surface area contributed by atoms with Crippen LogP contribution in [0.2, 0.25) is 0 Å². The fraction of sp³-hybridized carbons (Fsp3) is 0.524. The summed E-state index contributed by atoms with van der Waals surface area (Å²) in [5.74, 6) is 1.40. The van der Waals surface area contributed by atoms with Crippen molar-refractivity contribution < 1.29 is 9.84 Å². The van der Waals surface area contributed by atoms with Crippen molar-refractivity contribution in [2.75, 3.05) is 13.2 Å². The maximum atomic E-state index is 10.8. The Hall–Kier alpha value is -1.36. The van der Waals surface area contributed by atoms with Crippen LogP contribution in [0.4, 0.5) is 0 Å². The van der Waals surface area contributed by atoms with Crippen molar-refractivity contribution in [1.82, 2.24) is 4.90 Å². The molecule has 1 unspecified atom stereocenters. The van der Waals surface area contributed by atoms with E-state index in [1.54, 1.807) is 11.3 Å². The summed E-state index contributed by atoms with van der Waals surface area (Å²) in [6.45, 7) is 3.50. The quantitative estimate of drug-likeness (QED) is 0.856. The van der Waals surface area contributed by atoms with E-state index in [2.05, 4.69) is 39.9 Å². The van der Waals surface area contributed by atoms with Gasteiger partial charge in [-0.15, -0.1) is 0 Å². The molecule has 134 valence electrons. The molecule has 0 spiro atoms. The molecule has 1 fully saturated rings. The standard InChI is InChI=1S/C21H27NO2S/c23-21(17-4-2-1-3-5-17)18-6-7-20-19(12-18)14-22(9-10-24-20)13-16-8-11-25-15-16/h6-8,11-12,15,17,21,23H,1-5,9-10,13-14H2. The van der Waals surface area contributed by atoms with Crippen LogP contribution in [0, 0.1) is 5.92 Å². The predicted molar refractivity (Wildman–Crippen MR) is 102 cm³/mol. The second-order valence-electron chi connectivity index (χ2n) is 7.40. The molecule has 4 heteroatoms. The average Bonchev–Trinajstić information content (AvgIpc) is 3.07. The Kier molecular flexibility index (Phi) is 5.39. The molecule has 1 aromatic carbocycles. The Morgan fingerprint density at radius 3 is 2.88 bits per heavy atom. The monoisotopic (exact) mass is 357 g/mol. The Labute approximate surface area is 154 Å². The second-order valence-corrected chi connectivity index (χ2v) is 8.18. The van der Waals surface area contributed by atoms with E-state index < -0.39 is 0 Å². The summed E-state index contributed by atoms with van der Waals surface area (Å²) in [7, 11) is 0. The van der Waals surface area contributed by atoms with Crippen LogP contribution in [0.1, 0.15) is 54.9 Å². The van der Waals surface area contributed by atoms with Gasteiger partial charge in [0.05, 0.1) is 6.10 Å². The first-order chi connectivity index (χ1) is 12.3. The van der Waals surface area contributed by atoms with Gasteiger partial charge in [-0.3, -0.25) is 4.90 Å². The van der Waals surface area contributed by atoms with Crippen LogP contribution in [0.15, 0.2) is 35.0 Å². The lowest BCUT2D eigenvalue weighted by molar-refractivity contribution is 0.0847. The summed E-state index contributed by atoms with van der Waals surface area (Å²) in [6.07, 6.45) is 5.80. The molecular formula is C21H27NO2S. The number of thiophene rings is 1. The molecule has 0 bridgehead atoms. The largest absolute Gasteiger partial charge is 0.492 e. The molecule has 1 aliphatic heterocycles. The van der Waals surface area contributed by atoms with Crippen LogP contribution in [0.3, 0.4) is 0 Å². The maximum absolute atomic E-state index is 10.8. The fourth-order valence-electron chi connectivity index (χ4n) is 4.15. The summed E-state index contributed by atoms with van der Waals surface area (Å²) in [6, 6.07) is 8.50. The smallest absolute Gasteiger partial charge is 0.123 e. The first-order valence-corrected chi connectivity index (χ1v) is 10.4. The van der Waals surface area contributed by atoms with Gasteiger partial charge in [0.25, 0.3) is 0 Å². The molecule has 2 aromatic rings. The van der Waals surface area contributed by atoms with E-state index in [9.17, 15) is 5.11 Å². The molecule has 4 rings (SSSR count). The second kappa shape index (κ2) is 7.90. The van der Waals surface area contributed by atoms with Gasteiger partial charge in [-0.1, -0.05) is 25.3 Å². The van der Waals surface area contributed by atoms with E-state index in [-0.39, 0.29) is 6.10 Å². The van der Waals surface area contributed by atoms with E-state index in [1.807, 2.05) is 0 Å². The van der Waals surface area contributed by atoms with Crippen molar-refractivity contribution >= 4 is 11.3 Å². The van der Waals surface area contributed by atoms with Crippen LogP contribution in [-0.2, 0) is 13.1 Å². The van der Waals surface area contributed by atoms with Crippen molar-refractivity contribution in [1.29, 1.82) is 0 Å². The van der Waals surface area contributed by atoms with Gasteiger partial charge in [-0.05, 0) is 58.8 Å². The maximum Gasteiger partial charge on any atom is 0.123 e. The van der Waals surface area contributed by atoms with E-state index in [4.69, 9.17) is 4.74 Å². The van der Waals surface area contributed by atoms with Crippen molar-refractivity contribution in [2.24, 2.45) is 5.92 Å². The van der Waals surface area contributed by atoms with Gasteiger partial charge in [-0.25, -0.2) is 0 Å². The third kappa shape index (κ3) is 4.08. The molecule has 1 N–H and O–H groups in total. The van der Waals surface area contributed by atoms with Gasteiger partial charge in [-0.2, -0.15) is 11.3 Å². The summed E-state index contributed by atoms with van der Waals surface area (Å²) >= 11 is 1.75. The van der Waals surface area contributed by atoms with Gasteiger partial charge in [0, 0.05) is 25.2 Å². The Balaban J connectivity index is 1.50. The number of rotatable bonds is 4. The molecule has 3 nitrogen and oxygen atoms in total. The number of aliphatic hydroxyl groups excluding tert-OH is 1. The zero-order valence-corrected chi connectivity index (χ0v) is 15.5. The number of aliphatic hydroxyl groups is 1. The van der Waals surface area contributed by atoms with Crippen LogP contribution >= 0.6 is 11.3 Å². The van der Waals surface area contributed by atoms with Gasteiger partial charge in [0.2, 0.25) is 0 Å². The number of nitrogens with zero attached hydrogens (tertiary/aromatic N) is 1. The highest BCUT2D eigenvalue weighted by Gasteiger charge is 2.24. The normalized spacial score (nSPS) is 20.5. The van der Waals surface area contributed by atoms with Gasteiger partial charge in [0.1, 0.15) is 12.4 Å². The van der Waals surface area contributed by atoms with Gasteiger partial charge in [0.15, 0.2) is 0 Å². The number of fused-ring (bicyclic) bond motifs is 1. The summed E-state index contributed by atoms with van der Waals surface area (Å²) in [5.41, 5.74) is 3.64. The zero-order chi connectivity index (χ0) is 17.1. The molecule has 2 aliphatic rings. The van der Waals surface area contributed by atoms with Crippen LogP contribution in [0.5, 0.6) is 5.75 Å². The first kappa shape index (κ1) is 17.1. The minimum Gasteiger partial charge on any atom is -0.492 e. The third-order valence-electron chi connectivity index (χ3n) is 5.57. The molecular weight excluding hydrogens is 330 g/mol. The first-order valence-electron chi connectivity index (χ1n) is 9.47. The molecule has 1 atom stereocenters. The van der Waals surface area contributed by atoms with Crippen molar-refractivity contribution in [2.45, 2.75) is 51.3 Å². The lowest BCUT2D eigenvalue weighted by Gasteiger charge is -2.27. The van der Waals surface area contributed by atoms with Crippen LogP contribution in [0.25, 0.3) is 0 Å². The molecule has 0 saturated heterocycles. The minimum atomic E-state index is -0.334. The third-order valence-corrected chi connectivity index (χ3v) is 6.30. The van der Waals surface area contributed by atoms with E-state index in [0.717, 1.165) is 50.4 Å². The summed E-state index contributed by atoms with van der Waals surface area (Å²) < 4.78 is 5.96. The number of hydrogen-bond acceptors (Lipinski definition) is 4. The summed E-state index contributed by atoms with van der Waals surface area (Å²) in [4.78, 5) is 2.44. The Morgan fingerprint density at radius 1 is 1.20 bits per heavy atom. The van der Waals surface area contributed by atoms with Crippen molar-refractivity contribution in [3.05, 3.63) is 51.7 Å². The van der Waals surface area contributed by atoms with Crippen LogP contribution in [-0.4, -0.2) is 23.2 Å². The van der Waals surface area contributed by atoms with E-state index in [1.165, 1.54) is 30.4 Å². The molecule has 1 aromatic heterocycles. The molecule has 1 saturated carbocycles. The topological polar surface area (TPSA) is 32.7 Å². The van der Waals surface area contributed by atoms with Gasteiger partial charge >= 0.3 is 0 Å². The highest BCUT2D eigenvalue weighted by atomic mass is 32.1. The molecule has 0 radical (unpaired) electrons. The average molecular weight is 358 g/mol. The predicted octanol–water partition coefficient (Wildman–Crippen LogP) is 4.76. The molecule has 25 heavy (non-hydrogen) atoms. The lowest BCUT2D eigenvalue weighted by Crippen LogP contribution is -2.25. The zero-order valence-electron chi connectivity index (χ0n) is 14.7. The SMILES string of the molecule is OC(c1ccc2c(c1)CN(Cc1ccsc1)CCO2)C1CCCCC1. The fourth-order valence-corrected chi connectivity index (χ4v) is 4.81. The van der Waals surface area contributed by atoms with Crippen LogP contribution < -0.4 is 4.74 Å². The van der Waals surface area contributed by atoms with Crippen molar-refractivity contribution in [3.8, 4) is 5.75 Å². The highest BCUT2D eigenvalue weighted by Crippen LogP contribution is 2.36. The Bertz CT molecular complexity index is 679. The number of benzene rings is 1. The highest BCUT2D eigenvalue weighted by molar-refractivity contribution is 7.07.